The smallest absolute Gasteiger partial charge is 0.261 e. The first-order valence-corrected chi connectivity index (χ1v) is 7.66. The molecule has 1 amide bonds. The van der Waals surface area contributed by atoms with E-state index >= 15 is 0 Å². The van der Waals surface area contributed by atoms with Crippen LogP contribution in [0, 0.1) is 6.92 Å². The molecule has 2 rings (SSSR count). The average Bonchev–Trinajstić information content (AvgIpc) is 3.04. The van der Waals surface area contributed by atoms with E-state index in [4.69, 9.17) is 4.74 Å². The maximum absolute atomic E-state index is 12.2. The molecule has 0 unspecified atom stereocenters. The third-order valence-electron chi connectivity index (χ3n) is 3.41. The van der Waals surface area contributed by atoms with Gasteiger partial charge in [-0.2, -0.15) is 0 Å². The van der Waals surface area contributed by atoms with Crippen LogP contribution in [0.25, 0.3) is 0 Å². The first-order valence-electron chi connectivity index (χ1n) is 7.66. The summed E-state index contributed by atoms with van der Waals surface area (Å²) in [6.07, 6.45) is 6.50. The van der Waals surface area contributed by atoms with Gasteiger partial charge in [-0.25, -0.2) is 4.98 Å². The molecule has 0 saturated carbocycles. The molecule has 1 atom stereocenters. The Balaban J connectivity index is 1.75. The summed E-state index contributed by atoms with van der Waals surface area (Å²) >= 11 is 0. The molecule has 0 aliphatic heterocycles. The summed E-state index contributed by atoms with van der Waals surface area (Å²) in [4.78, 5) is 16.1. The van der Waals surface area contributed by atoms with Gasteiger partial charge in [-0.1, -0.05) is 24.6 Å². The quantitative estimate of drug-likeness (QED) is 0.762. The van der Waals surface area contributed by atoms with Crippen LogP contribution in [0.5, 0.6) is 5.75 Å². The number of hydrogen-bond acceptors (Lipinski definition) is 3. The molecule has 0 bridgehead atoms. The first kappa shape index (κ1) is 16.1. The van der Waals surface area contributed by atoms with Gasteiger partial charge in [0.25, 0.3) is 5.91 Å². The molecule has 1 heterocycles. The lowest BCUT2D eigenvalue weighted by molar-refractivity contribution is -0.128. The van der Waals surface area contributed by atoms with E-state index in [2.05, 4.69) is 10.3 Å². The van der Waals surface area contributed by atoms with Crippen molar-refractivity contribution >= 4 is 5.91 Å². The predicted molar refractivity (Wildman–Crippen MR) is 85.7 cm³/mol. The van der Waals surface area contributed by atoms with Crippen LogP contribution in [0.1, 0.15) is 25.3 Å². The van der Waals surface area contributed by atoms with E-state index in [1.54, 1.807) is 12.5 Å². The van der Waals surface area contributed by atoms with Crippen LogP contribution in [-0.2, 0) is 11.3 Å². The van der Waals surface area contributed by atoms with Crippen LogP contribution < -0.4 is 10.1 Å². The molecule has 5 nitrogen and oxygen atoms in total. The number of ether oxygens (including phenoxy) is 1. The van der Waals surface area contributed by atoms with Crippen LogP contribution >= 0.6 is 0 Å². The number of aryl methyl sites for hydroxylation is 2. The molecule has 0 spiro atoms. The Bertz CT molecular complexity index is 564. The molecule has 1 aromatic carbocycles. The number of nitrogens with zero attached hydrogens (tertiary/aromatic N) is 2. The van der Waals surface area contributed by atoms with Gasteiger partial charge in [0.2, 0.25) is 0 Å². The first-order chi connectivity index (χ1) is 10.7. The van der Waals surface area contributed by atoms with Crippen molar-refractivity contribution in [3.63, 3.8) is 0 Å². The van der Waals surface area contributed by atoms with Gasteiger partial charge in [0.15, 0.2) is 6.10 Å². The van der Waals surface area contributed by atoms with E-state index < -0.39 is 6.10 Å². The fourth-order valence-corrected chi connectivity index (χ4v) is 2.11. The van der Waals surface area contributed by atoms with E-state index in [9.17, 15) is 4.79 Å². The minimum atomic E-state index is -0.448. The Kier molecular flexibility index (Phi) is 6.01. The Morgan fingerprint density at radius 3 is 2.77 bits per heavy atom. The Hall–Kier alpha value is -2.30. The third-order valence-corrected chi connectivity index (χ3v) is 3.41. The lowest BCUT2D eigenvalue weighted by Gasteiger charge is -2.17. The highest BCUT2D eigenvalue weighted by Crippen LogP contribution is 2.14. The molecule has 0 aliphatic carbocycles. The summed E-state index contributed by atoms with van der Waals surface area (Å²) in [5, 5.41) is 2.93. The maximum atomic E-state index is 12.2. The molecule has 0 radical (unpaired) electrons. The van der Waals surface area contributed by atoms with Gasteiger partial charge in [-0.3, -0.25) is 4.79 Å². The van der Waals surface area contributed by atoms with Crippen molar-refractivity contribution in [2.24, 2.45) is 0 Å². The van der Waals surface area contributed by atoms with Gasteiger partial charge in [0.1, 0.15) is 5.75 Å². The van der Waals surface area contributed by atoms with Crippen molar-refractivity contribution in [3.8, 4) is 5.75 Å². The molecule has 5 heteroatoms. The van der Waals surface area contributed by atoms with Gasteiger partial charge < -0.3 is 14.6 Å². The number of hydrogen-bond donors (Lipinski definition) is 1. The largest absolute Gasteiger partial charge is 0.481 e. The standard InChI is InChI=1S/C17H23N3O2/c1-3-16(22-15-7-5-14(2)6-8-15)17(21)19-9-4-11-20-12-10-18-13-20/h5-8,10,12-13,16H,3-4,9,11H2,1-2H3,(H,19,21)/t16-/m1/s1. The monoisotopic (exact) mass is 301 g/mol. The summed E-state index contributed by atoms with van der Waals surface area (Å²) in [6.45, 7) is 5.44. The van der Waals surface area contributed by atoms with Crippen LogP contribution in [0.3, 0.4) is 0 Å². The van der Waals surface area contributed by atoms with Crippen molar-refractivity contribution < 1.29 is 9.53 Å². The zero-order chi connectivity index (χ0) is 15.8. The van der Waals surface area contributed by atoms with Crippen molar-refractivity contribution in [1.82, 2.24) is 14.9 Å². The fraction of sp³-hybridized carbons (Fsp3) is 0.412. The Morgan fingerprint density at radius 1 is 1.36 bits per heavy atom. The predicted octanol–water partition coefficient (Wildman–Crippen LogP) is 2.56. The molecule has 22 heavy (non-hydrogen) atoms. The third kappa shape index (κ3) is 4.91. The number of carbonyl (C=O) groups excluding carboxylic acids is 1. The topological polar surface area (TPSA) is 56.1 Å². The highest BCUT2D eigenvalue weighted by molar-refractivity contribution is 5.81. The van der Waals surface area contributed by atoms with E-state index in [0.717, 1.165) is 18.7 Å². The number of rotatable bonds is 8. The Morgan fingerprint density at radius 2 is 2.14 bits per heavy atom. The SMILES string of the molecule is CC[C@@H](Oc1ccc(C)cc1)C(=O)NCCCn1ccnc1. The van der Waals surface area contributed by atoms with Gasteiger partial charge in [-0.05, 0) is 31.9 Å². The van der Waals surface area contributed by atoms with Gasteiger partial charge in [0.05, 0.1) is 6.33 Å². The van der Waals surface area contributed by atoms with E-state index in [1.807, 2.05) is 48.9 Å². The highest BCUT2D eigenvalue weighted by atomic mass is 16.5. The van der Waals surface area contributed by atoms with Gasteiger partial charge in [-0.15, -0.1) is 0 Å². The second-order valence-electron chi connectivity index (χ2n) is 5.27. The molecule has 0 aliphatic rings. The summed E-state index contributed by atoms with van der Waals surface area (Å²) in [5.74, 6) is 0.666. The summed E-state index contributed by atoms with van der Waals surface area (Å²) in [7, 11) is 0. The van der Waals surface area contributed by atoms with E-state index in [0.29, 0.717) is 13.0 Å². The minimum Gasteiger partial charge on any atom is -0.481 e. The molecular formula is C17H23N3O2. The zero-order valence-electron chi connectivity index (χ0n) is 13.2. The summed E-state index contributed by atoms with van der Waals surface area (Å²) in [6, 6.07) is 7.74. The Labute approximate surface area is 131 Å². The molecule has 1 N–H and O–H groups in total. The normalized spacial score (nSPS) is 11.9. The highest BCUT2D eigenvalue weighted by Gasteiger charge is 2.17. The summed E-state index contributed by atoms with van der Waals surface area (Å²) < 4.78 is 7.75. The van der Waals surface area contributed by atoms with E-state index in [1.165, 1.54) is 5.56 Å². The number of imidazole rings is 1. The summed E-state index contributed by atoms with van der Waals surface area (Å²) in [5.41, 5.74) is 1.17. The maximum Gasteiger partial charge on any atom is 0.261 e. The van der Waals surface area contributed by atoms with E-state index in [-0.39, 0.29) is 5.91 Å². The molecule has 0 saturated heterocycles. The van der Waals surface area contributed by atoms with Gasteiger partial charge in [0, 0.05) is 25.5 Å². The second-order valence-corrected chi connectivity index (χ2v) is 5.27. The van der Waals surface area contributed by atoms with Crippen LogP contribution in [0.2, 0.25) is 0 Å². The van der Waals surface area contributed by atoms with Crippen LogP contribution in [-0.4, -0.2) is 28.1 Å². The zero-order valence-corrected chi connectivity index (χ0v) is 13.2. The lowest BCUT2D eigenvalue weighted by atomic mass is 10.2. The van der Waals surface area contributed by atoms with Crippen molar-refractivity contribution in [1.29, 1.82) is 0 Å². The molecule has 1 aromatic heterocycles. The number of aromatic nitrogens is 2. The molecule has 118 valence electrons. The van der Waals surface area contributed by atoms with Crippen molar-refractivity contribution in [2.45, 2.75) is 39.3 Å². The number of amides is 1. The molecule has 0 fully saturated rings. The minimum absolute atomic E-state index is 0.0614. The van der Waals surface area contributed by atoms with Crippen LogP contribution in [0.15, 0.2) is 43.0 Å². The number of benzene rings is 1. The van der Waals surface area contributed by atoms with Crippen LogP contribution in [0.4, 0.5) is 0 Å². The average molecular weight is 301 g/mol. The van der Waals surface area contributed by atoms with Gasteiger partial charge >= 0.3 is 0 Å². The molecule has 2 aromatic rings. The fourth-order valence-electron chi connectivity index (χ4n) is 2.11. The second kappa shape index (κ2) is 8.22. The van der Waals surface area contributed by atoms with Crippen molar-refractivity contribution in [2.75, 3.05) is 6.54 Å². The number of carbonyl (C=O) groups is 1. The number of nitrogens with one attached hydrogen (secondary N) is 1. The lowest BCUT2D eigenvalue weighted by Crippen LogP contribution is -2.38. The van der Waals surface area contributed by atoms with Crippen molar-refractivity contribution in [3.05, 3.63) is 48.5 Å². The molecular weight excluding hydrogens is 278 g/mol.